The number of anilines is 2. The number of hydrogen-bond acceptors (Lipinski definition) is 4. The Morgan fingerprint density at radius 1 is 0.846 bits per heavy atom. The molecule has 26 heavy (non-hydrogen) atoms. The summed E-state index contributed by atoms with van der Waals surface area (Å²) in [6.07, 6.45) is 0. The highest BCUT2D eigenvalue weighted by Crippen LogP contribution is 2.32. The van der Waals surface area contributed by atoms with E-state index in [0.29, 0.717) is 22.6 Å². The van der Waals surface area contributed by atoms with Crippen LogP contribution in [0.5, 0.6) is 5.88 Å². The van der Waals surface area contributed by atoms with Gasteiger partial charge in [0.15, 0.2) is 5.88 Å². The number of H-pyrrole nitrogens is 1. The van der Waals surface area contributed by atoms with Crippen LogP contribution in [0.25, 0.3) is 10.9 Å². The Kier molecular flexibility index (Phi) is 3.82. The number of aromatic amines is 1. The number of hydrogen-bond donors (Lipinski definition) is 4. The van der Waals surface area contributed by atoms with Gasteiger partial charge in [-0.2, -0.15) is 0 Å². The van der Waals surface area contributed by atoms with Crippen LogP contribution in [-0.2, 0) is 0 Å². The van der Waals surface area contributed by atoms with E-state index in [1.165, 1.54) is 0 Å². The molecule has 0 spiro atoms. The van der Waals surface area contributed by atoms with Gasteiger partial charge in [-0.15, -0.1) is 0 Å². The van der Waals surface area contributed by atoms with Gasteiger partial charge in [0.25, 0.3) is 0 Å². The third kappa shape index (κ3) is 2.86. The first-order valence-corrected chi connectivity index (χ1v) is 8.22. The molecular weight excluding hydrogens is 324 g/mol. The van der Waals surface area contributed by atoms with Crippen molar-refractivity contribution in [1.29, 1.82) is 0 Å². The third-order valence-corrected chi connectivity index (χ3v) is 4.22. The molecule has 1 aromatic heterocycles. The lowest BCUT2D eigenvalue weighted by molar-refractivity contribution is 0.457. The van der Waals surface area contributed by atoms with Gasteiger partial charge in [-0.25, -0.2) is 4.99 Å². The van der Waals surface area contributed by atoms with Crippen molar-refractivity contribution in [3.05, 3.63) is 83.9 Å². The lowest BCUT2D eigenvalue weighted by Crippen LogP contribution is -2.03. The lowest BCUT2D eigenvalue weighted by atomic mass is 10.0. The van der Waals surface area contributed by atoms with Crippen LogP contribution in [0.1, 0.15) is 11.1 Å². The van der Waals surface area contributed by atoms with Gasteiger partial charge in [0.1, 0.15) is 0 Å². The minimum Gasteiger partial charge on any atom is -0.494 e. The molecule has 0 amide bonds. The number of benzene rings is 3. The SMILES string of the molecule is Nc1ccc(N=C(c2ccccc2)c2c(O)[nH]c3ccc(N)cc23)cc1. The van der Waals surface area contributed by atoms with Crippen LogP contribution in [0.2, 0.25) is 0 Å². The summed E-state index contributed by atoms with van der Waals surface area (Å²) in [6, 6.07) is 22.5. The zero-order valence-corrected chi connectivity index (χ0v) is 14.0. The van der Waals surface area contributed by atoms with Gasteiger partial charge in [0, 0.05) is 27.8 Å². The molecule has 0 atom stereocenters. The molecule has 0 aliphatic heterocycles. The Hall–Kier alpha value is -3.73. The summed E-state index contributed by atoms with van der Waals surface area (Å²) >= 11 is 0. The van der Waals surface area contributed by atoms with E-state index >= 15 is 0 Å². The van der Waals surface area contributed by atoms with Crippen molar-refractivity contribution in [2.24, 2.45) is 4.99 Å². The van der Waals surface area contributed by atoms with Crippen LogP contribution in [0.3, 0.4) is 0 Å². The molecule has 1 heterocycles. The number of aliphatic imine (C=N–C) groups is 1. The molecule has 5 heteroatoms. The molecule has 0 radical (unpaired) electrons. The Bertz CT molecular complexity index is 1100. The summed E-state index contributed by atoms with van der Waals surface area (Å²) < 4.78 is 0. The topological polar surface area (TPSA) is 100 Å². The van der Waals surface area contributed by atoms with Crippen molar-refractivity contribution >= 4 is 33.7 Å². The van der Waals surface area contributed by atoms with Crippen LogP contribution in [-0.4, -0.2) is 15.8 Å². The molecule has 0 aliphatic rings. The van der Waals surface area contributed by atoms with Gasteiger partial charge < -0.3 is 21.6 Å². The summed E-state index contributed by atoms with van der Waals surface area (Å²) in [7, 11) is 0. The predicted molar refractivity (Wildman–Crippen MR) is 107 cm³/mol. The second kappa shape index (κ2) is 6.29. The molecule has 128 valence electrons. The van der Waals surface area contributed by atoms with E-state index in [4.69, 9.17) is 16.5 Å². The third-order valence-electron chi connectivity index (χ3n) is 4.22. The summed E-state index contributed by atoms with van der Waals surface area (Å²) in [5.74, 6) is 0.0589. The van der Waals surface area contributed by atoms with Gasteiger partial charge in [-0.1, -0.05) is 30.3 Å². The van der Waals surface area contributed by atoms with Gasteiger partial charge in [0.2, 0.25) is 0 Å². The molecule has 4 aromatic rings. The van der Waals surface area contributed by atoms with Crippen LogP contribution in [0.15, 0.2) is 77.8 Å². The van der Waals surface area contributed by atoms with E-state index in [1.807, 2.05) is 54.6 Å². The fourth-order valence-corrected chi connectivity index (χ4v) is 2.97. The van der Waals surface area contributed by atoms with Crippen molar-refractivity contribution in [1.82, 2.24) is 4.98 Å². The van der Waals surface area contributed by atoms with E-state index < -0.39 is 0 Å². The Morgan fingerprint density at radius 3 is 2.27 bits per heavy atom. The molecule has 0 bridgehead atoms. The number of nitrogens with two attached hydrogens (primary N) is 2. The quantitative estimate of drug-likeness (QED) is 0.331. The zero-order chi connectivity index (χ0) is 18.1. The molecule has 3 aromatic carbocycles. The smallest absolute Gasteiger partial charge is 0.199 e. The van der Waals surface area contributed by atoms with Crippen molar-refractivity contribution in [3.8, 4) is 5.88 Å². The monoisotopic (exact) mass is 342 g/mol. The number of aromatic hydroxyl groups is 1. The lowest BCUT2D eigenvalue weighted by Gasteiger charge is -2.08. The summed E-state index contributed by atoms with van der Waals surface area (Å²) in [6.45, 7) is 0. The standard InChI is InChI=1S/C21H18N4O/c22-14-6-9-16(10-7-14)24-20(13-4-2-1-3-5-13)19-17-12-15(23)8-11-18(17)25-21(19)26/h1-12,25-26H,22-23H2. The van der Waals surface area contributed by atoms with E-state index in [1.54, 1.807) is 18.2 Å². The number of fused-ring (bicyclic) bond motifs is 1. The fourth-order valence-electron chi connectivity index (χ4n) is 2.97. The molecule has 5 nitrogen and oxygen atoms in total. The van der Waals surface area contributed by atoms with E-state index in [2.05, 4.69) is 4.98 Å². The van der Waals surface area contributed by atoms with Gasteiger partial charge in [-0.05, 0) is 42.5 Å². The number of rotatable bonds is 3. The highest BCUT2D eigenvalue weighted by atomic mass is 16.3. The molecule has 0 unspecified atom stereocenters. The van der Waals surface area contributed by atoms with Gasteiger partial charge >= 0.3 is 0 Å². The van der Waals surface area contributed by atoms with Crippen LogP contribution in [0.4, 0.5) is 17.1 Å². The van der Waals surface area contributed by atoms with Crippen LogP contribution < -0.4 is 11.5 Å². The molecule has 0 fully saturated rings. The van der Waals surface area contributed by atoms with Crippen LogP contribution in [0, 0.1) is 0 Å². The van der Waals surface area contributed by atoms with E-state index in [9.17, 15) is 5.11 Å². The van der Waals surface area contributed by atoms with Gasteiger partial charge in [0.05, 0.1) is 17.0 Å². The van der Waals surface area contributed by atoms with E-state index in [0.717, 1.165) is 22.2 Å². The molecule has 0 aliphatic carbocycles. The molecule has 0 saturated heterocycles. The maximum Gasteiger partial charge on any atom is 0.199 e. The second-order valence-electron chi connectivity index (χ2n) is 6.07. The molecule has 0 saturated carbocycles. The summed E-state index contributed by atoms with van der Waals surface area (Å²) in [5.41, 5.74) is 16.7. The fraction of sp³-hybridized carbons (Fsp3) is 0. The Morgan fingerprint density at radius 2 is 1.54 bits per heavy atom. The zero-order valence-electron chi connectivity index (χ0n) is 14.0. The summed E-state index contributed by atoms with van der Waals surface area (Å²) in [4.78, 5) is 7.79. The van der Waals surface area contributed by atoms with E-state index in [-0.39, 0.29) is 5.88 Å². The minimum absolute atomic E-state index is 0.0589. The number of nitrogens with zero attached hydrogens (tertiary/aromatic N) is 1. The van der Waals surface area contributed by atoms with Crippen molar-refractivity contribution < 1.29 is 5.11 Å². The minimum atomic E-state index is 0.0589. The van der Waals surface area contributed by atoms with Crippen molar-refractivity contribution in [2.75, 3.05) is 11.5 Å². The molecule has 6 N–H and O–H groups in total. The number of nitrogen functional groups attached to an aromatic ring is 2. The Balaban J connectivity index is 1.99. The average molecular weight is 342 g/mol. The highest BCUT2D eigenvalue weighted by Gasteiger charge is 2.18. The molecule has 4 rings (SSSR count). The largest absolute Gasteiger partial charge is 0.494 e. The van der Waals surface area contributed by atoms with Crippen LogP contribution >= 0.6 is 0 Å². The molecular formula is C21H18N4O. The Labute approximate surface area is 150 Å². The number of nitrogens with one attached hydrogen (secondary N) is 1. The van der Waals surface area contributed by atoms with Crippen molar-refractivity contribution in [2.45, 2.75) is 0 Å². The van der Waals surface area contributed by atoms with Crippen molar-refractivity contribution in [3.63, 3.8) is 0 Å². The van der Waals surface area contributed by atoms with Gasteiger partial charge in [-0.3, -0.25) is 0 Å². The maximum atomic E-state index is 10.6. The predicted octanol–water partition coefficient (Wildman–Crippen LogP) is 4.21. The normalized spacial score (nSPS) is 11.8. The highest BCUT2D eigenvalue weighted by molar-refractivity contribution is 6.22. The first kappa shape index (κ1) is 15.8. The first-order chi connectivity index (χ1) is 12.6. The summed E-state index contributed by atoms with van der Waals surface area (Å²) in [5, 5.41) is 11.4. The first-order valence-electron chi connectivity index (χ1n) is 8.22. The maximum absolute atomic E-state index is 10.6. The average Bonchev–Trinajstić information content (AvgIpc) is 2.97. The number of aromatic nitrogens is 1. The second-order valence-corrected chi connectivity index (χ2v) is 6.07.